The molecule has 46 heavy (non-hydrogen) atoms. The zero-order valence-corrected chi connectivity index (χ0v) is 26.6. The van der Waals surface area contributed by atoms with E-state index in [0.717, 1.165) is 0 Å². The summed E-state index contributed by atoms with van der Waals surface area (Å²) in [7, 11) is 0. The van der Waals surface area contributed by atoms with Crippen molar-refractivity contribution in [3.63, 3.8) is 0 Å². The molecule has 0 aromatic heterocycles. The average molecular weight is 629 g/mol. The number of nitrogens with two attached hydrogens (primary N) is 1. The van der Waals surface area contributed by atoms with Gasteiger partial charge in [-0.25, -0.2) is 4.79 Å². The van der Waals surface area contributed by atoms with Gasteiger partial charge < -0.3 is 30.7 Å². The lowest BCUT2D eigenvalue weighted by Crippen LogP contribution is -2.65. The number of carbonyl (C=O) groups excluding carboxylic acids is 4. The number of benzene rings is 2. The topological polar surface area (TPSA) is 165 Å². The summed E-state index contributed by atoms with van der Waals surface area (Å²) in [6, 6.07) is 12.8. The van der Waals surface area contributed by atoms with Crippen LogP contribution in [0, 0.1) is 34.5 Å². The first-order valence-electron chi connectivity index (χ1n) is 15.6. The minimum atomic E-state index is -2.30. The second-order valence-electron chi connectivity index (χ2n) is 13.9. The minimum Gasteiger partial charge on any atom is -0.461 e. The Bertz CT molecular complexity index is 1710. The molecule has 2 saturated carbocycles. The molecule has 4 aliphatic rings. The maximum atomic E-state index is 14.7. The molecular weight excluding hydrogens is 588 g/mol. The van der Waals surface area contributed by atoms with Crippen molar-refractivity contribution in [2.75, 3.05) is 17.7 Å². The monoisotopic (exact) mass is 628 g/mol. The SMILES string of the molecule is CC(=O)OCC1=CC2C(=O)[C@]3(C=C(C)[C@H](OC(=O)c4ccccc4NC(=O)c4ccccc4N)[C@@]3(O)[C@@H]1O)[C@H](C)C[C@@H]1[C@H]2C1(C)C. The highest BCUT2D eigenvalue weighted by atomic mass is 16.6. The Morgan fingerprint density at radius 1 is 1.07 bits per heavy atom. The van der Waals surface area contributed by atoms with Gasteiger partial charge in [-0.2, -0.15) is 0 Å². The van der Waals surface area contributed by atoms with E-state index >= 15 is 0 Å². The van der Waals surface area contributed by atoms with E-state index in [2.05, 4.69) is 19.2 Å². The standard InChI is InChI=1S/C36H40N2O8/c1-18-16-35-19(2)14-25-28(34(25,4)5)24(30(35)41)15-21(17-45-20(3)39)29(40)36(35,44)31(18)46-33(43)23-11-7-9-13-27(23)38-32(42)22-10-6-8-12-26(22)37/h6-13,15-16,19,24-25,28-29,31,40,44H,14,17,37H2,1-5H3,(H,38,42)/t19-,24?,25-,28+,29-,31+,35+,36+/m1/s1. The van der Waals surface area contributed by atoms with Crippen LogP contribution in [-0.2, 0) is 19.1 Å². The number of fused-ring (bicyclic) bond motifs is 3. The number of rotatable bonds is 6. The van der Waals surface area contributed by atoms with Crippen LogP contribution in [0.25, 0.3) is 0 Å². The van der Waals surface area contributed by atoms with Gasteiger partial charge in [0.1, 0.15) is 12.7 Å². The van der Waals surface area contributed by atoms with Gasteiger partial charge in [-0.1, -0.05) is 57.2 Å². The number of carbonyl (C=O) groups is 4. The molecular formula is C36H40N2O8. The first-order chi connectivity index (χ1) is 21.7. The number of esters is 2. The van der Waals surface area contributed by atoms with Crippen molar-refractivity contribution < 1.29 is 38.9 Å². The van der Waals surface area contributed by atoms with Gasteiger partial charge in [-0.3, -0.25) is 14.4 Å². The largest absolute Gasteiger partial charge is 0.461 e. The molecule has 2 bridgehead atoms. The number of aliphatic hydroxyl groups is 2. The summed E-state index contributed by atoms with van der Waals surface area (Å²) in [4.78, 5) is 53.5. The van der Waals surface area contributed by atoms with Gasteiger partial charge in [-0.05, 0) is 71.9 Å². The molecule has 10 heteroatoms. The zero-order valence-electron chi connectivity index (χ0n) is 26.6. The van der Waals surface area contributed by atoms with Gasteiger partial charge in [0.25, 0.3) is 5.91 Å². The van der Waals surface area contributed by atoms with E-state index in [1.54, 1.807) is 55.5 Å². The third-order valence-electron chi connectivity index (χ3n) is 11.0. The van der Waals surface area contributed by atoms with Gasteiger partial charge in [0.05, 0.1) is 22.2 Å². The number of ether oxygens (including phenoxy) is 2. The summed E-state index contributed by atoms with van der Waals surface area (Å²) < 4.78 is 11.3. The molecule has 1 spiro atoms. The number of amides is 1. The van der Waals surface area contributed by atoms with Crippen molar-refractivity contribution in [2.45, 2.75) is 58.8 Å². The second-order valence-corrected chi connectivity index (χ2v) is 13.9. The number of nitrogen functional groups attached to an aromatic ring is 1. The average Bonchev–Trinajstić information content (AvgIpc) is 3.49. The van der Waals surface area contributed by atoms with Gasteiger partial charge in [0.2, 0.25) is 0 Å². The van der Waals surface area contributed by atoms with Crippen LogP contribution in [0.5, 0.6) is 0 Å². The summed E-state index contributed by atoms with van der Waals surface area (Å²) in [5.74, 6) is -3.11. The number of nitrogens with one attached hydrogen (secondary N) is 1. The summed E-state index contributed by atoms with van der Waals surface area (Å²) in [6.07, 6.45) is 0.839. The van der Waals surface area contributed by atoms with E-state index in [9.17, 15) is 29.4 Å². The number of aliphatic hydroxyl groups excluding tert-OH is 1. The fourth-order valence-electron chi connectivity index (χ4n) is 8.60. The van der Waals surface area contributed by atoms with Crippen LogP contribution in [-0.4, -0.2) is 58.3 Å². The Morgan fingerprint density at radius 3 is 2.39 bits per heavy atom. The molecule has 242 valence electrons. The third-order valence-corrected chi connectivity index (χ3v) is 11.0. The lowest BCUT2D eigenvalue weighted by molar-refractivity contribution is -0.191. The van der Waals surface area contributed by atoms with Crippen LogP contribution in [0.3, 0.4) is 0 Å². The Hall–Kier alpha value is -4.28. The van der Waals surface area contributed by atoms with E-state index in [1.807, 2.05) is 6.92 Å². The summed E-state index contributed by atoms with van der Waals surface area (Å²) in [5, 5.41) is 27.6. The Balaban J connectivity index is 1.38. The molecule has 6 rings (SSSR count). The molecule has 0 aliphatic heterocycles. The zero-order chi connectivity index (χ0) is 33.3. The van der Waals surface area contributed by atoms with Crippen molar-refractivity contribution >= 4 is 35.0 Å². The number of Topliss-reactive ketones (excluding diaryl/α,β-unsaturated/α-hetero) is 1. The summed E-state index contributed by atoms with van der Waals surface area (Å²) in [5.41, 5.74) is 3.21. The van der Waals surface area contributed by atoms with Gasteiger partial charge >= 0.3 is 11.9 Å². The molecule has 2 aromatic carbocycles. The highest BCUT2D eigenvalue weighted by Crippen LogP contribution is 2.71. The number of hydrogen-bond donors (Lipinski definition) is 4. The minimum absolute atomic E-state index is 0.00241. The van der Waals surface area contributed by atoms with E-state index in [0.29, 0.717) is 12.0 Å². The Morgan fingerprint density at radius 2 is 1.72 bits per heavy atom. The lowest BCUT2D eigenvalue weighted by Gasteiger charge is -2.48. The van der Waals surface area contributed by atoms with Crippen molar-refractivity contribution in [3.8, 4) is 0 Å². The highest BCUT2D eigenvalue weighted by Gasteiger charge is 2.76. The van der Waals surface area contributed by atoms with E-state index < -0.39 is 52.9 Å². The van der Waals surface area contributed by atoms with Crippen LogP contribution in [0.4, 0.5) is 11.4 Å². The fraction of sp³-hybridized carbons (Fsp3) is 0.444. The van der Waals surface area contributed by atoms with Crippen LogP contribution in [0.1, 0.15) is 61.8 Å². The first-order valence-corrected chi connectivity index (χ1v) is 15.6. The van der Waals surface area contributed by atoms with Crippen LogP contribution >= 0.6 is 0 Å². The maximum Gasteiger partial charge on any atom is 0.340 e. The second kappa shape index (κ2) is 10.9. The number of hydrogen-bond acceptors (Lipinski definition) is 9. The molecule has 1 amide bonds. The number of anilines is 2. The first kappa shape index (κ1) is 31.7. The van der Waals surface area contributed by atoms with Crippen molar-refractivity contribution in [1.29, 1.82) is 0 Å². The predicted octanol–water partition coefficient (Wildman–Crippen LogP) is 4.09. The van der Waals surface area contributed by atoms with Crippen LogP contribution in [0.2, 0.25) is 0 Å². The molecule has 8 atom stereocenters. The molecule has 4 aliphatic carbocycles. The quantitative estimate of drug-likeness (QED) is 0.210. The predicted molar refractivity (Wildman–Crippen MR) is 169 cm³/mol. The van der Waals surface area contributed by atoms with Gasteiger partial charge in [0, 0.05) is 18.5 Å². The van der Waals surface area contributed by atoms with Gasteiger partial charge in [0.15, 0.2) is 17.5 Å². The number of ketones is 1. The van der Waals surface area contributed by atoms with Gasteiger partial charge in [-0.15, -0.1) is 0 Å². The van der Waals surface area contributed by atoms with E-state index in [-0.39, 0.29) is 57.7 Å². The number of allylic oxidation sites excluding steroid dienone is 1. The van der Waals surface area contributed by atoms with E-state index in [1.165, 1.54) is 19.1 Å². The number of para-hydroxylation sites is 2. The maximum absolute atomic E-state index is 14.7. The van der Waals surface area contributed by atoms with Crippen LogP contribution in [0.15, 0.2) is 71.8 Å². The molecule has 2 fully saturated rings. The van der Waals surface area contributed by atoms with Crippen molar-refractivity contribution in [3.05, 3.63) is 83.0 Å². The molecule has 0 saturated heterocycles. The van der Waals surface area contributed by atoms with Crippen molar-refractivity contribution in [1.82, 2.24) is 0 Å². The molecule has 10 nitrogen and oxygen atoms in total. The molecule has 1 unspecified atom stereocenters. The van der Waals surface area contributed by atoms with Crippen molar-refractivity contribution in [2.24, 2.45) is 34.5 Å². The Labute approximate surface area is 267 Å². The molecule has 0 radical (unpaired) electrons. The summed E-state index contributed by atoms with van der Waals surface area (Å²) in [6.45, 7) is 8.71. The van der Waals surface area contributed by atoms with E-state index in [4.69, 9.17) is 15.2 Å². The van der Waals surface area contributed by atoms with Crippen LogP contribution < -0.4 is 11.1 Å². The lowest BCUT2D eigenvalue weighted by atomic mass is 9.59. The Kier molecular flexibility index (Phi) is 7.52. The highest BCUT2D eigenvalue weighted by molar-refractivity contribution is 6.10. The molecule has 2 aromatic rings. The normalized spacial score (nSPS) is 33.7. The third kappa shape index (κ3) is 4.52. The smallest absolute Gasteiger partial charge is 0.340 e. The molecule has 0 heterocycles. The molecule has 5 N–H and O–H groups in total. The fourth-order valence-corrected chi connectivity index (χ4v) is 8.60. The summed E-state index contributed by atoms with van der Waals surface area (Å²) >= 11 is 0.